The Morgan fingerprint density at radius 3 is 2.39 bits per heavy atom. The molecule has 0 radical (unpaired) electrons. The number of halogens is 1. The minimum Gasteiger partial charge on any atom is -0.484 e. The van der Waals surface area contributed by atoms with Crippen molar-refractivity contribution < 1.29 is 19.1 Å². The highest BCUT2D eigenvalue weighted by atomic mass is 79.9. The van der Waals surface area contributed by atoms with Crippen molar-refractivity contribution in [1.82, 2.24) is 0 Å². The summed E-state index contributed by atoms with van der Waals surface area (Å²) in [6, 6.07) is 11.3. The van der Waals surface area contributed by atoms with Gasteiger partial charge >= 0.3 is 0 Å². The van der Waals surface area contributed by atoms with Crippen molar-refractivity contribution >= 4 is 33.9 Å². The lowest BCUT2D eigenvalue weighted by Crippen LogP contribution is -2.17. The monoisotopic (exact) mass is 448 g/mol. The molecule has 28 heavy (non-hydrogen) atoms. The molecule has 0 saturated carbocycles. The van der Waals surface area contributed by atoms with E-state index in [1.54, 1.807) is 6.07 Å². The fourth-order valence-corrected chi connectivity index (χ4v) is 3.51. The molecular formula is C21H25BrN2O4. The Bertz CT molecular complexity index is 877. The number of benzene rings is 2. The second kappa shape index (κ2) is 8.75. The number of carbonyl (C=O) groups is 2. The van der Waals surface area contributed by atoms with Crippen LogP contribution in [0.3, 0.4) is 0 Å². The molecule has 2 unspecified atom stereocenters. The minimum absolute atomic E-state index is 0.0687. The normalized spacial score (nSPS) is 18.3. The maximum atomic E-state index is 12.6. The molecule has 1 aliphatic heterocycles. The van der Waals surface area contributed by atoms with Crippen LogP contribution in [0.4, 0.5) is 5.69 Å². The molecule has 2 aromatic carbocycles. The molecule has 2 atom stereocenters. The van der Waals surface area contributed by atoms with Gasteiger partial charge in [0.05, 0.1) is 5.92 Å². The molecule has 0 amide bonds. The zero-order valence-electron chi connectivity index (χ0n) is 16.4. The Labute approximate surface area is 173 Å². The van der Waals surface area contributed by atoms with E-state index in [2.05, 4.69) is 26.4 Å². The maximum absolute atomic E-state index is 12.6. The first-order chi connectivity index (χ1) is 13.2. The van der Waals surface area contributed by atoms with E-state index in [4.69, 9.17) is 10.5 Å². The summed E-state index contributed by atoms with van der Waals surface area (Å²) in [5, 5.41) is 0. The number of fused-ring (bicyclic) bond motifs is 5. The summed E-state index contributed by atoms with van der Waals surface area (Å²) in [5.74, 6) is 0.604. The SMILES string of the molecule is CC(C)(C)OC=O.CN.Nc1cccc2c1C(=O)C1c3ccc(Br)cc3OC21. The van der Waals surface area contributed by atoms with Gasteiger partial charge in [0.25, 0.3) is 6.47 Å². The molecule has 1 aliphatic carbocycles. The van der Waals surface area contributed by atoms with Gasteiger partial charge < -0.3 is 20.9 Å². The Balaban J connectivity index is 0.000000268. The number of hydrogen-bond donors (Lipinski definition) is 2. The van der Waals surface area contributed by atoms with Gasteiger partial charge in [0.1, 0.15) is 17.5 Å². The zero-order valence-corrected chi connectivity index (χ0v) is 17.9. The van der Waals surface area contributed by atoms with E-state index >= 15 is 0 Å². The van der Waals surface area contributed by atoms with Crippen molar-refractivity contribution in [3.63, 3.8) is 0 Å². The van der Waals surface area contributed by atoms with E-state index in [0.29, 0.717) is 17.7 Å². The molecule has 150 valence electrons. The highest BCUT2D eigenvalue weighted by Crippen LogP contribution is 2.54. The van der Waals surface area contributed by atoms with Gasteiger partial charge in [-0.3, -0.25) is 9.59 Å². The van der Waals surface area contributed by atoms with Crippen LogP contribution in [0.1, 0.15) is 54.3 Å². The molecule has 4 rings (SSSR count). The Hall–Kier alpha value is -2.38. The Kier molecular flexibility index (Phi) is 6.85. The maximum Gasteiger partial charge on any atom is 0.293 e. The highest BCUT2D eigenvalue weighted by molar-refractivity contribution is 9.10. The summed E-state index contributed by atoms with van der Waals surface area (Å²) >= 11 is 3.42. The van der Waals surface area contributed by atoms with Crippen LogP contribution in [0.2, 0.25) is 0 Å². The first kappa shape index (κ1) is 21.9. The van der Waals surface area contributed by atoms with Gasteiger partial charge in [-0.05, 0) is 46.0 Å². The van der Waals surface area contributed by atoms with Crippen molar-refractivity contribution in [2.75, 3.05) is 12.8 Å². The number of rotatable bonds is 1. The fourth-order valence-electron chi connectivity index (χ4n) is 3.17. The van der Waals surface area contributed by atoms with Gasteiger partial charge in [-0.2, -0.15) is 0 Å². The van der Waals surface area contributed by atoms with Crippen LogP contribution in [0, 0.1) is 0 Å². The lowest BCUT2D eigenvalue weighted by Gasteiger charge is -2.14. The van der Waals surface area contributed by atoms with Crippen molar-refractivity contribution in [2.45, 2.75) is 38.4 Å². The summed E-state index contributed by atoms with van der Waals surface area (Å²) < 4.78 is 11.5. The molecule has 1 heterocycles. The number of carbonyl (C=O) groups excluding carboxylic acids is 2. The lowest BCUT2D eigenvalue weighted by atomic mass is 9.95. The van der Waals surface area contributed by atoms with E-state index in [9.17, 15) is 9.59 Å². The second-order valence-corrected chi connectivity index (χ2v) is 8.12. The molecular weight excluding hydrogens is 424 g/mol. The molecule has 2 aromatic rings. The predicted octanol–water partition coefficient (Wildman–Crippen LogP) is 3.98. The van der Waals surface area contributed by atoms with E-state index in [1.807, 2.05) is 51.1 Å². The van der Waals surface area contributed by atoms with Gasteiger partial charge in [0.15, 0.2) is 5.78 Å². The van der Waals surface area contributed by atoms with Crippen molar-refractivity contribution in [3.05, 3.63) is 57.6 Å². The Morgan fingerprint density at radius 1 is 1.14 bits per heavy atom. The van der Waals surface area contributed by atoms with Crippen molar-refractivity contribution in [3.8, 4) is 5.75 Å². The third-order valence-corrected chi connectivity index (χ3v) is 4.73. The van der Waals surface area contributed by atoms with Crippen LogP contribution < -0.4 is 16.2 Å². The van der Waals surface area contributed by atoms with E-state index in [0.717, 1.165) is 21.3 Å². The topological polar surface area (TPSA) is 105 Å². The number of ketones is 1. The lowest BCUT2D eigenvalue weighted by molar-refractivity contribution is -0.138. The molecule has 7 heteroatoms. The van der Waals surface area contributed by atoms with Crippen LogP contribution in [-0.4, -0.2) is 24.9 Å². The zero-order chi connectivity index (χ0) is 21.1. The van der Waals surface area contributed by atoms with Gasteiger partial charge in [-0.15, -0.1) is 0 Å². The summed E-state index contributed by atoms with van der Waals surface area (Å²) in [6.07, 6.45) is -0.227. The van der Waals surface area contributed by atoms with Crippen LogP contribution in [0.25, 0.3) is 0 Å². The number of hydrogen-bond acceptors (Lipinski definition) is 6. The average Bonchev–Trinajstić information content (AvgIpc) is 3.12. The molecule has 4 N–H and O–H groups in total. The predicted molar refractivity (Wildman–Crippen MR) is 112 cm³/mol. The molecule has 0 fully saturated rings. The summed E-state index contributed by atoms with van der Waals surface area (Å²) in [7, 11) is 1.50. The van der Waals surface area contributed by atoms with Crippen molar-refractivity contribution in [2.24, 2.45) is 5.73 Å². The van der Waals surface area contributed by atoms with Gasteiger partial charge in [0.2, 0.25) is 0 Å². The summed E-state index contributed by atoms with van der Waals surface area (Å²) in [4.78, 5) is 22.2. The molecule has 0 bridgehead atoms. The Morgan fingerprint density at radius 2 is 1.82 bits per heavy atom. The van der Waals surface area contributed by atoms with Crippen LogP contribution in [0.5, 0.6) is 5.75 Å². The first-order valence-corrected chi connectivity index (χ1v) is 9.60. The second-order valence-electron chi connectivity index (χ2n) is 7.20. The highest BCUT2D eigenvalue weighted by Gasteiger charge is 2.48. The number of nitrogens with two attached hydrogens (primary N) is 2. The standard InChI is InChI=1S/C15H10BrNO2.C5H10O2.CH5N/c16-7-4-5-8-11(6-7)19-15-9-2-1-3-10(17)12(9)14(18)13(8)15;1-5(2,3)7-4-6;1-2/h1-6,13,15H,17H2;4H,1-3H3;2H2,1H3. The molecule has 0 saturated heterocycles. The molecule has 0 aromatic heterocycles. The smallest absolute Gasteiger partial charge is 0.293 e. The van der Waals surface area contributed by atoms with Crippen LogP contribution >= 0.6 is 15.9 Å². The van der Waals surface area contributed by atoms with Gasteiger partial charge in [-0.1, -0.05) is 34.1 Å². The summed E-state index contributed by atoms with van der Waals surface area (Å²) in [6.45, 7) is 5.92. The first-order valence-electron chi connectivity index (χ1n) is 8.81. The van der Waals surface area contributed by atoms with Crippen LogP contribution in [0.15, 0.2) is 40.9 Å². The number of anilines is 1. The molecule has 2 aliphatic rings. The molecule has 0 spiro atoms. The van der Waals surface area contributed by atoms with Gasteiger partial charge in [0, 0.05) is 26.9 Å². The van der Waals surface area contributed by atoms with Crippen molar-refractivity contribution in [1.29, 1.82) is 0 Å². The molecule has 6 nitrogen and oxygen atoms in total. The number of Topliss-reactive ketones (excluding diaryl/α,β-unsaturated/α-hetero) is 1. The third-order valence-electron chi connectivity index (χ3n) is 4.23. The van der Waals surface area contributed by atoms with Gasteiger partial charge in [-0.25, -0.2) is 0 Å². The number of nitrogen functional groups attached to an aromatic ring is 1. The minimum atomic E-state index is -0.318. The van der Waals surface area contributed by atoms with E-state index in [1.165, 1.54) is 7.05 Å². The van der Waals surface area contributed by atoms with E-state index < -0.39 is 0 Å². The third kappa shape index (κ3) is 4.36. The quantitative estimate of drug-likeness (QED) is 0.504. The fraction of sp³-hybridized carbons (Fsp3) is 0.333. The van der Waals surface area contributed by atoms with Crippen LogP contribution in [-0.2, 0) is 9.53 Å². The number of ether oxygens (including phenoxy) is 2. The largest absolute Gasteiger partial charge is 0.484 e. The van der Waals surface area contributed by atoms with E-state index in [-0.39, 0.29) is 23.4 Å². The summed E-state index contributed by atoms with van der Waals surface area (Å²) in [5.41, 5.74) is 13.1. The average molecular weight is 449 g/mol.